The molecule has 45 heavy (non-hydrogen) atoms. The smallest absolute Gasteiger partial charge is 0.319 e. The minimum Gasteiger partial charge on any atom is -0.319 e. The molecule has 8 nitrogen and oxygen atoms in total. The standard InChI is InChI=1S/C30H65O8P3S4/c1-21(2)15-25(9)35-40(42,36-26(10)16-22(3)4)44-29(13)19-33-39(31,32)34-20-30(14)45-41(43,37-27(11)17-23(5)6)38-28(12)18-24(7)8/h21-30H,15-20H2,1-14H3,(H,31,32). The van der Waals surface area contributed by atoms with Crippen LogP contribution in [0.15, 0.2) is 0 Å². The lowest BCUT2D eigenvalue weighted by molar-refractivity contribution is 0.142. The first-order valence-electron chi connectivity index (χ1n) is 16.4. The molecule has 0 heterocycles. The van der Waals surface area contributed by atoms with Crippen LogP contribution in [0.4, 0.5) is 0 Å². The van der Waals surface area contributed by atoms with Crippen LogP contribution in [0, 0.1) is 23.7 Å². The zero-order chi connectivity index (χ0) is 35.2. The summed E-state index contributed by atoms with van der Waals surface area (Å²) in [5, 5.41) is -0.524. The summed E-state index contributed by atoms with van der Waals surface area (Å²) in [5.41, 5.74) is -5.52. The number of hydrogen-bond donors (Lipinski definition) is 1. The molecule has 0 aromatic heterocycles. The maximum Gasteiger partial charge on any atom is 0.472 e. The molecule has 0 amide bonds. The molecule has 0 aromatic rings. The minimum absolute atomic E-state index is 0.0498. The molecule has 0 spiro atoms. The highest BCUT2D eigenvalue weighted by Crippen LogP contribution is 2.66. The Morgan fingerprint density at radius 2 is 0.733 bits per heavy atom. The third-order valence-electron chi connectivity index (χ3n) is 6.01. The van der Waals surface area contributed by atoms with Gasteiger partial charge in [-0.25, -0.2) is 4.57 Å². The summed E-state index contributed by atoms with van der Waals surface area (Å²) < 4.78 is 49.1. The average Bonchev–Trinajstić information content (AvgIpc) is 2.78. The van der Waals surface area contributed by atoms with E-state index in [1.54, 1.807) is 0 Å². The van der Waals surface area contributed by atoms with Crippen LogP contribution in [0.5, 0.6) is 0 Å². The third-order valence-corrected chi connectivity index (χ3v) is 18.3. The maximum atomic E-state index is 12.9. The van der Waals surface area contributed by atoms with Crippen molar-refractivity contribution >= 4 is 65.6 Å². The van der Waals surface area contributed by atoms with Crippen molar-refractivity contribution in [1.29, 1.82) is 0 Å². The van der Waals surface area contributed by atoms with Crippen molar-refractivity contribution in [3.05, 3.63) is 0 Å². The van der Waals surface area contributed by atoms with Crippen LogP contribution in [0.2, 0.25) is 0 Å². The second-order valence-electron chi connectivity index (χ2n) is 14.0. The molecule has 0 aromatic carbocycles. The van der Waals surface area contributed by atoms with Gasteiger partial charge in [0.25, 0.3) is 0 Å². The van der Waals surface area contributed by atoms with E-state index in [1.165, 1.54) is 22.8 Å². The van der Waals surface area contributed by atoms with Crippen molar-refractivity contribution in [3.8, 4) is 0 Å². The van der Waals surface area contributed by atoms with Gasteiger partial charge in [0.2, 0.25) is 11.4 Å². The SMILES string of the molecule is CC(C)CC(C)OP(=S)(OC(C)CC(C)C)SC(C)COP(=O)(O)OCC(C)SP(=S)(OC(C)CC(C)C)OC(C)CC(C)C. The topological polar surface area (TPSA) is 92.7 Å². The van der Waals surface area contributed by atoms with E-state index >= 15 is 0 Å². The molecule has 6 unspecified atom stereocenters. The van der Waals surface area contributed by atoms with Gasteiger partial charge in [-0.3, -0.25) is 9.05 Å². The van der Waals surface area contributed by atoms with Crippen LogP contribution >= 0.6 is 42.0 Å². The number of rotatable bonds is 26. The van der Waals surface area contributed by atoms with Crippen LogP contribution in [-0.2, 0) is 55.3 Å². The minimum atomic E-state index is -4.35. The van der Waals surface area contributed by atoms with E-state index < -0.39 is 19.2 Å². The lowest BCUT2D eigenvalue weighted by atomic mass is 10.1. The second kappa shape index (κ2) is 22.7. The van der Waals surface area contributed by atoms with Crippen LogP contribution in [-0.4, -0.2) is 53.0 Å². The highest BCUT2D eigenvalue weighted by atomic mass is 32.9. The normalized spacial score (nSPS) is 20.9. The quantitative estimate of drug-likeness (QED) is 0.0848. The summed E-state index contributed by atoms with van der Waals surface area (Å²) in [7, 11) is -4.35. The van der Waals surface area contributed by atoms with Crippen LogP contribution in [0.1, 0.15) is 123 Å². The zero-order valence-electron chi connectivity index (χ0n) is 30.3. The third kappa shape index (κ3) is 24.7. The predicted molar refractivity (Wildman–Crippen MR) is 204 cm³/mol. The monoisotopic (exact) mass is 774 g/mol. The Hall–Kier alpha value is 1.95. The second-order valence-corrected chi connectivity index (χ2v) is 28.5. The Labute approximate surface area is 295 Å². The zero-order valence-corrected chi connectivity index (χ0v) is 36.2. The van der Waals surface area contributed by atoms with Crippen molar-refractivity contribution in [3.63, 3.8) is 0 Å². The largest absolute Gasteiger partial charge is 0.472 e. The first kappa shape index (κ1) is 47.0. The van der Waals surface area contributed by atoms with Gasteiger partial charge in [0.1, 0.15) is 0 Å². The summed E-state index contributed by atoms with van der Waals surface area (Å²) in [4.78, 5) is 10.5. The van der Waals surface area contributed by atoms with Crippen molar-refractivity contribution in [2.24, 2.45) is 23.7 Å². The number of phosphoric ester groups is 1. The Bertz CT molecular complexity index is 842. The van der Waals surface area contributed by atoms with E-state index in [9.17, 15) is 9.46 Å². The number of hydrogen-bond acceptors (Lipinski definition) is 11. The van der Waals surface area contributed by atoms with Gasteiger partial charge >= 0.3 is 7.82 Å². The summed E-state index contributed by atoms with van der Waals surface area (Å²) in [5.74, 6) is 1.83. The van der Waals surface area contributed by atoms with Gasteiger partial charge in [-0.15, -0.1) is 0 Å². The molecule has 0 aliphatic rings. The molecule has 1 N–H and O–H groups in total. The predicted octanol–water partition coefficient (Wildman–Crippen LogP) is 11.6. The van der Waals surface area contributed by atoms with Crippen LogP contribution in [0.3, 0.4) is 0 Å². The Morgan fingerprint density at radius 3 is 0.933 bits per heavy atom. The molecule has 0 aliphatic heterocycles. The molecule has 0 fully saturated rings. The fourth-order valence-corrected chi connectivity index (χ4v) is 19.2. The van der Waals surface area contributed by atoms with Crippen LogP contribution < -0.4 is 0 Å². The van der Waals surface area contributed by atoms with Crippen molar-refractivity contribution < 1.29 is 36.6 Å². The summed E-state index contributed by atoms with van der Waals surface area (Å²) >= 11 is 14.7. The summed E-state index contributed by atoms with van der Waals surface area (Å²) in [6.07, 6.45) is 3.17. The number of phosphoric acid groups is 1. The lowest BCUT2D eigenvalue weighted by Gasteiger charge is -2.31. The fraction of sp³-hybridized carbons (Fsp3) is 1.00. The van der Waals surface area contributed by atoms with Crippen molar-refractivity contribution in [1.82, 2.24) is 0 Å². The molecule has 0 bridgehead atoms. The maximum absolute atomic E-state index is 12.9. The molecule has 15 heteroatoms. The van der Waals surface area contributed by atoms with E-state index in [1.807, 2.05) is 41.5 Å². The van der Waals surface area contributed by atoms with Gasteiger partial charge in [-0.1, -0.05) is 92.0 Å². The average molecular weight is 775 g/mol. The van der Waals surface area contributed by atoms with E-state index in [4.69, 9.17) is 50.8 Å². The van der Waals surface area contributed by atoms with Gasteiger partial charge in [0.15, 0.2) is 0 Å². The molecule has 6 atom stereocenters. The van der Waals surface area contributed by atoms with Gasteiger partial charge in [-0.05, 0) is 101 Å². The van der Waals surface area contributed by atoms with Crippen molar-refractivity contribution in [2.45, 2.75) is 158 Å². The molecule has 272 valence electrons. The van der Waals surface area contributed by atoms with Gasteiger partial charge in [-0.2, -0.15) is 0 Å². The van der Waals surface area contributed by atoms with E-state index in [0.29, 0.717) is 23.7 Å². The molecule has 0 saturated carbocycles. The van der Waals surface area contributed by atoms with Gasteiger partial charge < -0.3 is 23.0 Å². The van der Waals surface area contributed by atoms with Crippen LogP contribution in [0.25, 0.3) is 0 Å². The Morgan fingerprint density at radius 1 is 0.511 bits per heavy atom. The van der Waals surface area contributed by atoms with E-state index in [-0.39, 0.29) is 48.1 Å². The first-order valence-corrected chi connectivity index (χ1v) is 26.1. The molecular formula is C30H65O8P3S4. The molecule has 0 radical (unpaired) electrons. The van der Waals surface area contributed by atoms with Gasteiger partial charge in [0, 0.05) is 10.5 Å². The summed E-state index contributed by atoms with van der Waals surface area (Å²) in [6.45, 7) is 28.9. The van der Waals surface area contributed by atoms with E-state index in [0.717, 1.165) is 25.7 Å². The Balaban J connectivity index is 5.32. The first-order chi connectivity index (χ1) is 20.4. The highest BCUT2D eigenvalue weighted by Gasteiger charge is 2.33. The molecule has 0 aliphatic carbocycles. The molecule has 0 saturated heterocycles. The van der Waals surface area contributed by atoms with Gasteiger partial charge in [0.05, 0.1) is 37.6 Å². The summed E-state index contributed by atoms with van der Waals surface area (Å²) in [6, 6.07) is 0. The highest BCUT2D eigenvalue weighted by molar-refractivity contribution is 8.68. The Kier molecular flexibility index (Phi) is 23.7. The van der Waals surface area contributed by atoms with E-state index in [2.05, 4.69) is 55.4 Å². The molecular weight excluding hydrogens is 710 g/mol. The fourth-order valence-electron chi connectivity index (χ4n) is 4.80. The van der Waals surface area contributed by atoms with Crippen molar-refractivity contribution in [2.75, 3.05) is 13.2 Å². The molecule has 0 rings (SSSR count). The lowest BCUT2D eigenvalue weighted by Crippen LogP contribution is -2.17.